The van der Waals surface area contributed by atoms with Gasteiger partial charge in [-0.25, -0.2) is 4.98 Å². The number of rotatable bonds is 3. The lowest BCUT2D eigenvalue weighted by atomic mass is 10.2. The lowest BCUT2D eigenvalue weighted by molar-refractivity contribution is -0.0486. The third kappa shape index (κ3) is 2.28. The number of aromatic nitrogens is 4. The Bertz CT molecular complexity index is 658. The molecule has 0 aliphatic carbocycles. The highest BCUT2D eigenvalue weighted by atomic mass is 16.5. The van der Waals surface area contributed by atoms with Crippen LogP contribution in [0.1, 0.15) is 12.6 Å². The van der Waals surface area contributed by atoms with Crippen LogP contribution < -0.4 is 10.6 Å². The fourth-order valence-corrected chi connectivity index (χ4v) is 2.51. The molecule has 114 valence electrons. The van der Waals surface area contributed by atoms with E-state index >= 15 is 0 Å². The van der Waals surface area contributed by atoms with Gasteiger partial charge in [0.2, 0.25) is 5.95 Å². The third-order valence-corrected chi connectivity index (χ3v) is 3.49. The summed E-state index contributed by atoms with van der Waals surface area (Å²) >= 11 is 0. The maximum absolute atomic E-state index is 10.1. The summed E-state index contributed by atoms with van der Waals surface area (Å²) in [5.74, 6) is 0.724. The van der Waals surface area contributed by atoms with Gasteiger partial charge in [-0.1, -0.05) is 0 Å². The van der Waals surface area contributed by atoms with Crippen molar-refractivity contribution in [2.45, 2.75) is 24.9 Å². The summed E-state index contributed by atoms with van der Waals surface area (Å²) in [6, 6.07) is 0. The Labute approximate surface area is 121 Å². The van der Waals surface area contributed by atoms with Gasteiger partial charge in [0.15, 0.2) is 23.2 Å². The zero-order valence-corrected chi connectivity index (χ0v) is 11.8. The second kappa shape index (κ2) is 5.10. The largest absolute Gasteiger partial charge is 0.394 e. The summed E-state index contributed by atoms with van der Waals surface area (Å²) < 4.78 is 7.25. The number of hydrogen-bond acceptors (Lipinski definition) is 8. The SMILES string of the molecule is CN(C)c1nc(N)nc2c1ncn2[C@@H]1O[C@@H](CO)C[C@@H]1O. The lowest BCUT2D eigenvalue weighted by Crippen LogP contribution is -2.20. The average Bonchev–Trinajstić information content (AvgIpc) is 3.00. The van der Waals surface area contributed by atoms with Crippen molar-refractivity contribution in [3.63, 3.8) is 0 Å². The first-order chi connectivity index (χ1) is 10.0. The van der Waals surface area contributed by atoms with Crippen molar-refractivity contribution in [2.75, 3.05) is 31.3 Å². The number of hydrogen-bond donors (Lipinski definition) is 3. The molecule has 0 unspecified atom stereocenters. The molecular weight excluding hydrogens is 276 g/mol. The molecule has 0 amide bonds. The molecule has 2 aromatic rings. The standard InChI is InChI=1S/C12H18N6O3/c1-17(2)9-8-10(16-12(13)15-9)18(5-14-8)11-7(20)3-6(4-19)21-11/h5-7,11,19-20H,3-4H2,1-2H3,(H2,13,15,16)/t6-,7+,11-/m1/s1. The van der Waals surface area contributed by atoms with Crippen LogP contribution in [0.2, 0.25) is 0 Å². The summed E-state index contributed by atoms with van der Waals surface area (Å²) in [6.45, 7) is -0.139. The number of ether oxygens (including phenoxy) is 1. The summed E-state index contributed by atoms with van der Waals surface area (Å²) in [7, 11) is 3.67. The second-order valence-corrected chi connectivity index (χ2v) is 5.26. The molecule has 1 fully saturated rings. The van der Waals surface area contributed by atoms with Crippen LogP contribution in [0.15, 0.2) is 6.33 Å². The predicted octanol–water partition coefficient (Wildman–Crippen LogP) is -0.885. The first-order valence-corrected chi connectivity index (χ1v) is 6.63. The second-order valence-electron chi connectivity index (χ2n) is 5.26. The molecule has 21 heavy (non-hydrogen) atoms. The molecule has 0 radical (unpaired) electrons. The molecule has 1 aliphatic rings. The number of aliphatic hydroxyl groups excluding tert-OH is 2. The quantitative estimate of drug-likeness (QED) is 0.666. The van der Waals surface area contributed by atoms with E-state index in [1.807, 2.05) is 14.1 Å². The first-order valence-electron chi connectivity index (χ1n) is 6.63. The Hall–Kier alpha value is -1.97. The predicted molar refractivity (Wildman–Crippen MR) is 75.7 cm³/mol. The Morgan fingerprint density at radius 1 is 1.48 bits per heavy atom. The average molecular weight is 294 g/mol. The van der Waals surface area contributed by atoms with Crippen LogP contribution in [0, 0.1) is 0 Å². The van der Waals surface area contributed by atoms with Crippen molar-refractivity contribution >= 4 is 22.9 Å². The summed E-state index contributed by atoms with van der Waals surface area (Å²) in [5.41, 5.74) is 6.82. The van der Waals surface area contributed by atoms with Crippen LogP contribution in [0.25, 0.3) is 11.2 Å². The number of nitrogens with two attached hydrogens (primary N) is 1. The number of anilines is 2. The van der Waals surface area contributed by atoms with Crippen LogP contribution in [0.5, 0.6) is 0 Å². The van der Waals surface area contributed by atoms with Crippen molar-refractivity contribution in [3.05, 3.63) is 6.33 Å². The van der Waals surface area contributed by atoms with Crippen LogP contribution in [-0.4, -0.2) is 62.6 Å². The lowest BCUT2D eigenvalue weighted by Gasteiger charge is -2.17. The van der Waals surface area contributed by atoms with Gasteiger partial charge in [-0.3, -0.25) is 4.57 Å². The van der Waals surface area contributed by atoms with E-state index < -0.39 is 18.4 Å². The summed E-state index contributed by atoms with van der Waals surface area (Å²) in [6.07, 6.45) is 0.131. The van der Waals surface area contributed by atoms with Crippen LogP contribution in [-0.2, 0) is 4.74 Å². The van der Waals surface area contributed by atoms with Gasteiger partial charge < -0.3 is 25.6 Å². The normalized spacial score (nSPS) is 25.6. The summed E-state index contributed by atoms with van der Waals surface area (Å²) in [4.78, 5) is 14.4. The fourth-order valence-electron chi connectivity index (χ4n) is 2.51. The zero-order chi connectivity index (χ0) is 15.1. The zero-order valence-electron chi connectivity index (χ0n) is 11.8. The number of fused-ring (bicyclic) bond motifs is 1. The number of nitrogens with zero attached hydrogens (tertiary/aromatic N) is 5. The fraction of sp³-hybridized carbons (Fsp3) is 0.583. The molecule has 3 heterocycles. The minimum absolute atomic E-state index is 0.124. The van der Waals surface area contributed by atoms with Gasteiger partial charge >= 0.3 is 0 Å². The van der Waals surface area contributed by atoms with Crippen LogP contribution in [0.3, 0.4) is 0 Å². The minimum atomic E-state index is -0.737. The van der Waals surface area contributed by atoms with Crippen molar-refractivity contribution in [2.24, 2.45) is 0 Å². The molecule has 1 aliphatic heterocycles. The van der Waals surface area contributed by atoms with E-state index in [2.05, 4.69) is 15.0 Å². The van der Waals surface area contributed by atoms with E-state index in [-0.39, 0.29) is 12.6 Å². The maximum Gasteiger partial charge on any atom is 0.224 e. The van der Waals surface area contributed by atoms with Gasteiger partial charge in [0.25, 0.3) is 0 Å². The Morgan fingerprint density at radius 3 is 2.86 bits per heavy atom. The van der Waals surface area contributed by atoms with E-state index in [1.165, 1.54) is 0 Å². The van der Waals surface area contributed by atoms with Gasteiger partial charge in [0, 0.05) is 20.5 Å². The monoisotopic (exact) mass is 294 g/mol. The Balaban J connectivity index is 2.08. The highest BCUT2D eigenvalue weighted by Crippen LogP contribution is 2.32. The smallest absolute Gasteiger partial charge is 0.224 e. The highest BCUT2D eigenvalue weighted by molar-refractivity contribution is 5.84. The molecule has 3 atom stereocenters. The number of imidazole rings is 1. The maximum atomic E-state index is 10.1. The summed E-state index contributed by atoms with van der Waals surface area (Å²) in [5, 5.41) is 19.3. The van der Waals surface area contributed by atoms with Crippen molar-refractivity contribution in [3.8, 4) is 0 Å². The molecule has 0 bridgehead atoms. The number of nitrogen functional groups attached to an aromatic ring is 1. The van der Waals surface area contributed by atoms with Crippen molar-refractivity contribution < 1.29 is 14.9 Å². The first kappa shape index (κ1) is 14.0. The Kier molecular flexibility index (Phi) is 3.40. The molecule has 0 saturated carbocycles. The molecule has 0 aromatic carbocycles. The molecule has 9 nitrogen and oxygen atoms in total. The molecule has 4 N–H and O–H groups in total. The Morgan fingerprint density at radius 2 is 2.24 bits per heavy atom. The van der Waals surface area contributed by atoms with E-state index in [9.17, 15) is 5.11 Å². The van der Waals surface area contributed by atoms with Gasteiger partial charge in [-0.15, -0.1) is 0 Å². The molecule has 0 spiro atoms. The van der Waals surface area contributed by atoms with Gasteiger partial charge in [-0.05, 0) is 0 Å². The van der Waals surface area contributed by atoms with E-state index in [0.29, 0.717) is 23.4 Å². The van der Waals surface area contributed by atoms with Gasteiger partial charge in [0.05, 0.1) is 19.0 Å². The van der Waals surface area contributed by atoms with Gasteiger partial charge in [0.1, 0.15) is 6.10 Å². The van der Waals surface area contributed by atoms with Crippen molar-refractivity contribution in [1.82, 2.24) is 19.5 Å². The number of aliphatic hydroxyl groups is 2. The minimum Gasteiger partial charge on any atom is -0.394 e. The third-order valence-electron chi connectivity index (χ3n) is 3.49. The molecule has 2 aromatic heterocycles. The van der Waals surface area contributed by atoms with Crippen molar-refractivity contribution in [1.29, 1.82) is 0 Å². The molecular formula is C12H18N6O3. The van der Waals surface area contributed by atoms with E-state index in [0.717, 1.165) is 0 Å². The highest BCUT2D eigenvalue weighted by Gasteiger charge is 2.36. The van der Waals surface area contributed by atoms with E-state index in [1.54, 1.807) is 15.8 Å². The molecule has 3 rings (SSSR count). The van der Waals surface area contributed by atoms with Gasteiger partial charge in [-0.2, -0.15) is 9.97 Å². The van der Waals surface area contributed by atoms with E-state index in [4.69, 9.17) is 15.6 Å². The topological polar surface area (TPSA) is 123 Å². The molecule has 9 heteroatoms. The van der Waals surface area contributed by atoms with Crippen LogP contribution >= 0.6 is 0 Å². The molecule has 1 saturated heterocycles. The van der Waals surface area contributed by atoms with Crippen LogP contribution in [0.4, 0.5) is 11.8 Å².